The maximum atomic E-state index is 4.42. The van der Waals surface area contributed by atoms with E-state index < -0.39 is 0 Å². The Labute approximate surface area is 148 Å². The second kappa shape index (κ2) is 7.22. The quantitative estimate of drug-likeness (QED) is 0.784. The van der Waals surface area contributed by atoms with Gasteiger partial charge in [-0.1, -0.05) is 13.8 Å². The summed E-state index contributed by atoms with van der Waals surface area (Å²) >= 11 is 0. The fourth-order valence-electron chi connectivity index (χ4n) is 2.81. The maximum Gasteiger partial charge on any atom is 0.179 e. The minimum Gasteiger partial charge on any atom is -0.352 e. The first-order valence-electron chi connectivity index (χ1n) is 8.70. The second-order valence-corrected chi connectivity index (χ2v) is 7.02. The van der Waals surface area contributed by atoms with Crippen LogP contribution in [0.4, 0.5) is 0 Å². The van der Waals surface area contributed by atoms with Crippen LogP contribution in [0.15, 0.2) is 23.6 Å². The van der Waals surface area contributed by atoms with Crippen molar-refractivity contribution in [3.05, 3.63) is 29.8 Å². The third-order valence-electron chi connectivity index (χ3n) is 4.34. The molecule has 0 spiro atoms. The van der Waals surface area contributed by atoms with Crippen molar-refractivity contribution in [1.82, 2.24) is 40.9 Å². The van der Waals surface area contributed by atoms with E-state index in [0.717, 1.165) is 18.1 Å². The molecule has 0 aliphatic carbocycles. The fourth-order valence-corrected chi connectivity index (χ4v) is 2.81. The van der Waals surface area contributed by atoms with E-state index in [1.807, 2.05) is 5.12 Å². The molecule has 2 unspecified atom stereocenters. The van der Waals surface area contributed by atoms with Gasteiger partial charge in [0.15, 0.2) is 5.82 Å². The van der Waals surface area contributed by atoms with Crippen molar-refractivity contribution in [2.24, 2.45) is 18.1 Å². The Morgan fingerprint density at radius 1 is 1.16 bits per heavy atom. The van der Waals surface area contributed by atoms with Gasteiger partial charge in [-0.05, 0) is 37.1 Å². The summed E-state index contributed by atoms with van der Waals surface area (Å²) in [5, 5.41) is 18.5. The van der Waals surface area contributed by atoms with Gasteiger partial charge in [0.1, 0.15) is 5.84 Å². The molecule has 0 radical (unpaired) electrons. The molecule has 1 aliphatic heterocycles. The van der Waals surface area contributed by atoms with Gasteiger partial charge < -0.3 is 4.57 Å². The summed E-state index contributed by atoms with van der Waals surface area (Å²) in [5.74, 6) is 2.10. The highest BCUT2D eigenvalue weighted by Crippen LogP contribution is 2.15. The van der Waals surface area contributed by atoms with Crippen LogP contribution in [-0.2, 0) is 13.5 Å². The van der Waals surface area contributed by atoms with Crippen LogP contribution in [0.2, 0.25) is 0 Å². The molecule has 9 heteroatoms. The van der Waals surface area contributed by atoms with E-state index in [1.165, 1.54) is 10.4 Å². The molecule has 2 aromatic rings. The number of hydrogen-bond donors (Lipinski definition) is 2. The number of hydrazine groups is 2. The number of nitrogens with zero attached hydrogens (tertiary/aromatic N) is 7. The van der Waals surface area contributed by atoms with Gasteiger partial charge in [-0.15, -0.1) is 20.4 Å². The molecule has 0 amide bonds. The number of amidine groups is 1. The average molecular weight is 345 g/mol. The summed E-state index contributed by atoms with van der Waals surface area (Å²) in [4.78, 5) is 1.48. The lowest BCUT2D eigenvalue weighted by Crippen LogP contribution is -2.45. The van der Waals surface area contributed by atoms with Gasteiger partial charge >= 0.3 is 0 Å². The molecule has 0 saturated carbocycles. The van der Waals surface area contributed by atoms with Crippen LogP contribution in [-0.4, -0.2) is 42.3 Å². The summed E-state index contributed by atoms with van der Waals surface area (Å²) in [6, 6.07) is 2.67. The zero-order valence-electron chi connectivity index (χ0n) is 15.5. The van der Waals surface area contributed by atoms with Crippen molar-refractivity contribution < 1.29 is 0 Å². The Bertz CT molecular complexity index is 730. The molecule has 3 heterocycles. The average Bonchev–Trinajstić information content (AvgIpc) is 3.27. The predicted octanol–water partition coefficient (Wildman–Crippen LogP) is 1.21. The largest absolute Gasteiger partial charge is 0.352 e. The minimum atomic E-state index is 0.138. The molecule has 0 bridgehead atoms. The van der Waals surface area contributed by atoms with Crippen molar-refractivity contribution >= 4 is 5.84 Å². The SMILES string of the molecule is CC(Cc1ccn(C(C)C)c1)C1=NNN(CC(C)c2nnn(C)n2)N1. The zero-order valence-corrected chi connectivity index (χ0v) is 15.5. The molecule has 2 aromatic heterocycles. The maximum absolute atomic E-state index is 4.42. The highest BCUT2D eigenvalue weighted by Gasteiger charge is 2.23. The van der Waals surface area contributed by atoms with Crippen molar-refractivity contribution in [3.63, 3.8) is 0 Å². The van der Waals surface area contributed by atoms with Crippen LogP contribution < -0.4 is 11.0 Å². The zero-order chi connectivity index (χ0) is 18.0. The molecule has 25 heavy (non-hydrogen) atoms. The molecule has 3 rings (SSSR count). The standard InChI is InChI=1S/C16H27N9/c1-11(2)24-7-6-14(10-24)8-12(3)15-18-22-25(20-15)9-13(4)16-17-21-23(5)19-16/h6-7,10-13,22H,8-9H2,1-5H3,(H,18,20). The lowest BCUT2D eigenvalue weighted by Gasteiger charge is -2.19. The van der Waals surface area contributed by atoms with Crippen molar-refractivity contribution in [3.8, 4) is 0 Å². The number of hydrazone groups is 1. The summed E-state index contributed by atoms with van der Waals surface area (Å²) in [5.41, 5.74) is 7.68. The summed E-state index contributed by atoms with van der Waals surface area (Å²) in [6.07, 6.45) is 5.29. The van der Waals surface area contributed by atoms with E-state index in [0.29, 0.717) is 18.5 Å². The summed E-state index contributed by atoms with van der Waals surface area (Å²) in [6.45, 7) is 9.30. The van der Waals surface area contributed by atoms with E-state index >= 15 is 0 Å². The van der Waals surface area contributed by atoms with E-state index in [2.05, 4.69) is 82.2 Å². The van der Waals surface area contributed by atoms with Crippen LogP contribution in [0.5, 0.6) is 0 Å². The molecular weight excluding hydrogens is 318 g/mol. The molecule has 136 valence electrons. The molecule has 0 saturated heterocycles. The molecule has 1 aliphatic rings. The Hall–Kier alpha value is -2.42. The Balaban J connectivity index is 1.51. The molecule has 2 atom stereocenters. The van der Waals surface area contributed by atoms with Crippen LogP contribution in [0, 0.1) is 5.92 Å². The van der Waals surface area contributed by atoms with Crippen LogP contribution >= 0.6 is 0 Å². The Morgan fingerprint density at radius 2 is 1.96 bits per heavy atom. The number of hydrogen-bond acceptors (Lipinski definition) is 7. The van der Waals surface area contributed by atoms with Gasteiger partial charge in [-0.2, -0.15) is 4.80 Å². The topological polar surface area (TPSA) is 88.2 Å². The number of tetrazole rings is 1. The van der Waals surface area contributed by atoms with Crippen LogP contribution in [0.3, 0.4) is 0 Å². The molecular formula is C16H27N9. The first-order chi connectivity index (χ1) is 11.9. The highest BCUT2D eigenvalue weighted by molar-refractivity contribution is 5.84. The number of rotatable bonds is 7. The van der Waals surface area contributed by atoms with Gasteiger partial charge in [0, 0.05) is 30.3 Å². The number of aryl methyl sites for hydroxylation is 1. The van der Waals surface area contributed by atoms with E-state index in [1.54, 1.807) is 7.05 Å². The van der Waals surface area contributed by atoms with Crippen molar-refractivity contribution in [2.45, 2.75) is 46.1 Å². The fraction of sp³-hybridized carbons (Fsp3) is 0.625. The third kappa shape index (κ3) is 4.16. The minimum absolute atomic E-state index is 0.138. The normalized spacial score (nSPS) is 17.3. The number of aromatic nitrogens is 5. The highest BCUT2D eigenvalue weighted by atomic mass is 15.9. The third-order valence-corrected chi connectivity index (χ3v) is 4.34. The monoisotopic (exact) mass is 345 g/mol. The molecule has 9 nitrogen and oxygen atoms in total. The molecule has 2 N–H and O–H groups in total. The van der Waals surface area contributed by atoms with Gasteiger partial charge in [0.05, 0.1) is 13.6 Å². The Kier molecular flexibility index (Phi) is 5.03. The number of nitrogens with one attached hydrogen (secondary N) is 2. The molecule has 0 fully saturated rings. The van der Waals surface area contributed by atoms with E-state index in [-0.39, 0.29) is 5.92 Å². The Morgan fingerprint density at radius 3 is 2.60 bits per heavy atom. The first-order valence-corrected chi connectivity index (χ1v) is 8.70. The van der Waals surface area contributed by atoms with E-state index in [9.17, 15) is 0 Å². The predicted molar refractivity (Wildman–Crippen MR) is 95.3 cm³/mol. The van der Waals surface area contributed by atoms with Crippen LogP contribution in [0.1, 0.15) is 51.0 Å². The van der Waals surface area contributed by atoms with Crippen LogP contribution in [0.25, 0.3) is 0 Å². The summed E-state index contributed by atoms with van der Waals surface area (Å²) < 4.78 is 2.23. The van der Waals surface area contributed by atoms with Crippen molar-refractivity contribution in [1.29, 1.82) is 0 Å². The molecule has 0 aromatic carbocycles. The lowest BCUT2D eigenvalue weighted by atomic mass is 10.0. The van der Waals surface area contributed by atoms with Gasteiger partial charge in [0.25, 0.3) is 0 Å². The van der Waals surface area contributed by atoms with Gasteiger partial charge in [-0.3, -0.25) is 5.43 Å². The first kappa shape index (κ1) is 17.4. The van der Waals surface area contributed by atoms with Crippen molar-refractivity contribution in [2.75, 3.05) is 6.54 Å². The smallest absolute Gasteiger partial charge is 0.179 e. The van der Waals surface area contributed by atoms with Gasteiger partial charge in [0.2, 0.25) is 0 Å². The lowest BCUT2D eigenvalue weighted by molar-refractivity contribution is 0.167. The van der Waals surface area contributed by atoms with E-state index in [4.69, 9.17) is 0 Å². The summed E-state index contributed by atoms with van der Waals surface area (Å²) in [7, 11) is 1.77. The second-order valence-electron chi connectivity index (χ2n) is 7.02. The van der Waals surface area contributed by atoms with Gasteiger partial charge in [-0.25, -0.2) is 5.53 Å².